The zero-order chi connectivity index (χ0) is 11.4. The Bertz CT molecular complexity index is 182. The first-order valence-corrected chi connectivity index (χ1v) is 5.16. The van der Waals surface area contributed by atoms with Crippen molar-refractivity contribution < 1.29 is 9.53 Å². The van der Waals surface area contributed by atoms with Crippen molar-refractivity contribution in [3.05, 3.63) is 0 Å². The number of esters is 1. The normalized spacial score (nSPS) is 14.2. The summed E-state index contributed by atoms with van der Waals surface area (Å²) < 4.78 is 5.08. The van der Waals surface area contributed by atoms with E-state index in [1.165, 1.54) is 0 Å². The Kier molecular flexibility index (Phi) is 5.13. The van der Waals surface area contributed by atoms with Crippen LogP contribution >= 0.6 is 0 Å². The lowest BCUT2D eigenvalue weighted by molar-refractivity contribution is -0.146. The predicted molar refractivity (Wildman–Crippen MR) is 57.8 cm³/mol. The van der Waals surface area contributed by atoms with Crippen molar-refractivity contribution in [1.29, 1.82) is 0 Å². The van der Waals surface area contributed by atoms with Gasteiger partial charge >= 0.3 is 5.97 Å². The van der Waals surface area contributed by atoms with E-state index in [2.05, 4.69) is 20.8 Å². The molecule has 84 valence electrons. The van der Waals surface area contributed by atoms with Gasteiger partial charge < -0.3 is 10.5 Å². The first-order chi connectivity index (χ1) is 6.24. The van der Waals surface area contributed by atoms with Gasteiger partial charge in [0.05, 0.1) is 6.61 Å². The largest absolute Gasteiger partial charge is 0.465 e. The van der Waals surface area contributed by atoms with Gasteiger partial charge in [0, 0.05) is 0 Å². The summed E-state index contributed by atoms with van der Waals surface area (Å²) in [7, 11) is 0. The van der Waals surface area contributed by atoms with Crippen LogP contribution in [0.25, 0.3) is 0 Å². The standard InChI is InChI=1S/C11H23NO2/c1-8(2)9(12)10(13)14-7-6-11(3,4)5/h8-9H,6-7,12H2,1-5H3/t9-/m1/s1. The SMILES string of the molecule is CC(C)[C@@H](N)C(=O)OCCC(C)(C)C. The van der Waals surface area contributed by atoms with E-state index in [0.29, 0.717) is 6.61 Å². The molecule has 0 aliphatic heterocycles. The van der Waals surface area contributed by atoms with E-state index < -0.39 is 6.04 Å². The van der Waals surface area contributed by atoms with E-state index >= 15 is 0 Å². The van der Waals surface area contributed by atoms with Gasteiger partial charge in [0.25, 0.3) is 0 Å². The van der Waals surface area contributed by atoms with Crippen LogP contribution in [0.1, 0.15) is 41.0 Å². The fourth-order valence-electron chi connectivity index (χ4n) is 0.826. The Morgan fingerprint density at radius 1 is 1.36 bits per heavy atom. The molecule has 0 spiro atoms. The minimum atomic E-state index is -0.491. The second-order valence-electron chi connectivity index (χ2n) is 5.25. The van der Waals surface area contributed by atoms with Gasteiger partial charge in [-0.25, -0.2) is 0 Å². The van der Waals surface area contributed by atoms with Crippen molar-refractivity contribution in [3.63, 3.8) is 0 Å². The lowest BCUT2D eigenvalue weighted by Gasteiger charge is -2.19. The zero-order valence-electron chi connectivity index (χ0n) is 9.96. The molecule has 0 rings (SSSR count). The summed E-state index contributed by atoms with van der Waals surface area (Å²) in [5.41, 5.74) is 5.83. The van der Waals surface area contributed by atoms with Gasteiger partial charge in [0.15, 0.2) is 0 Å². The van der Waals surface area contributed by atoms with Crippen LogP contribution < -0.4 is 5.73 Å². The van der Waals surface area contributed by atoms with Crippen LogP contribution in [0.15, 0.2) is 0 Å². The van der Waals surface area contributed by atoms with E-state index in [1.807, 2.05) is 13.8 Å². The van der Waals surface area contributed by atoms with Crippen molar-refractivity contribution >= 4 is 5.97 Å². The third-order valence-electron chi connectivity index (χ3n) is 2.09. The van der Waals surface area contributed by atoms with Gasteiger partial charge in [-0.15, -0.1) is 0 Å². The number of hydrogen-bond donors (Lipinski definition) is 1. The van der Waals surface area contributed by atoms with Gasteiger partial charge in [-0.05, 0) is 17.8 Å². The molecule has 0 saturated heterocycles. The molecular weight excluding hydrogens is 178 g/mol. The molecule has 14 heavy (non-hydrogen) atoms. The highest BCUT2D eigenvalue weighted by Crippen LogP contribution is 2.18. The molecule has 0 heterocycles. The molecule has 0 bridgehead atoms. The number of ether oxygens (including phenoxy) is 1. The number of nitrogens with two attached hydrogens (primary N) is 1. The Balaban J connectivity index is 3.75. The van der Waals surface area contributed by atoms with E-state index in [1.54, 1.807) is 0 Å². The van der Waals surface area contributed by atoms with Gasteiger partial charge in [-0.3, -0.25) is 4.79 Å². The van der Waals surface area contributed by atoms with Gasteiger partial charge in [-0.2, -0.15) is 0 Å². The summed E-state index contributed by atoms with van der Waals surface area (Å²) in [6.45, 7) is 10.6. The van der Waals surface area contributed by atoms with Crippen molar-refractivity contribution in [3.8, 4) is 0 Å². The van der Waals surface area contributed by atoms with Crippen LogP contribution in [0.2, 0.25) is 0 Å². The Morgan fingerprint density at radius 2 is 1.86 bits per heavy atom. The highest BCUT2D eigenvalue weighted by atomic mass is 16.5. The molecule has 0 radical (unpaired) electrons. The molecule has 0 aliphatic rings. The van der Waals surface area contributed by atoms with Gasteiger partial charge in [0.2, 0.25) is 0 Å². The van der Waals surface area contributed by atoms with Crippen molar-refractivity contribution in [2.75, 3.05) is 6.61 Å². The molecule has 0 saturated carbocycles. The maximum atomic E-state index is 11.3. The minimum Gasteiger partial charge on any atom is -0.465 e. The van der Waals surface area contributed by atoms with Crippen LogP contribution in [0.4, 0.5) is 0 Å². The van der Waals surface area contributed by atoms with Crippen molar-refractivity contribution in [2.24, 2.45) is 17.1 Å². The Labute approximate surface area is 87.0 Å². The molecule has 0 fully saturated rings. The topological polar surface area (TPSA) is 52.3 Å². The molecule has 0 aromatic rings. The summed E-state index contributed by atoms with van der Waals surface area (Å²) >= 11 is 0. The minimum absolute atomic E-state index is 0.136. The van der Waals surface area contributed by atoms with Crippen LogP contribution in [-0.4, -0.2) is 18.6 Å². The molecule has 1 atom stereocenters. The quantitative estimate of drug-likeness (QED) is 0.707. The zero-order valence-corrected chi connectivity index (χ0v) is 9.96. The van der Waals surface area contributed by atoms with Crippen molar-refractivity contribution in [2.45, 2.75) is 47.1 Å². The fourth-order valence-corrected chi connectivity index (χ4v) is 0.826. The van der Waals surface area contributed by atoms with Gasteiger partial charge in [-0.1, -0.05) is 34.6 Å². The highest BCUT2D eigenvalue weighted by molar-refractivity contribution is 5.75. The molecule has 0 unspecified atom stereocenters. The van der Waals surface area contributed by atoms with Crippen LogP contribution in [-0.2, 0) is 9.53 Å². The third kappa shape index (κ3) is 5.97. The molecule has 0 aromatic heterocycles. The van der Waals surface area contributed by atoms with E-state index in [-0.39, 0.29) is 17.3 Å². The molecule has 2 N–H and O–H groups in total. The second-order valence-corrected chi connectivity index (χ2v) is 5.25. The molecule has 0 aliphatic carbocycles. The maximum absolute atomic E-state index is 11.3. The smallest absolute Gasteiger partial charge is 0.323 e. The predicted octanol–water partition coefficient (Wildman–Crippen LogP) is 1.95. The summed E-state index contributed by atoms with van der Waals surface area (Å²) in [6, 6.07) is -0.491. The van der Waals surface area contributed by atoms with Crippen LogP contribution in [0.5, 0.6) is 0 Å². The fraction of sp³-hybridized carbons (Fsp3) is 0.909. The van der Waals surface area contributed by atoms with Crippen molar-refractivity contribution in [1.82, 2.24) is 0 Å². The first kappa shape index (κ1) is 13.4. The second kappa shape index (κ2) is 5.35. The van der Waals surface area contributed by atoms with E-state index in [0.717, 1.165) is 6.42 Å². The Morgan fingerprint density at radius 3 is 2.21 bits per heavy atom. The molecule has 0 amide bonds. The summed E-state index contributed by atoms with van der Waals surface area (Å²) in [6.07, 6.45) is 0.865. The monoisotopic (exact) mass is 201 g/mol. The summed E-state index contributed by atoms with van der Waals surface area (Å²) in [4.78, 5) is 11.3. The Hall–Kier alpha value is -0.570. The number of carbonyl (C=O) groups excluding carboxylic acids is 1. The number of carbonyl (C=O) groups is 1. The van der Waals surface area contributed by atoms with E-state index in [9.17, 15) is 4.79 Å². The molecule has 3 nitrogen and oxygen atoms in total. The van der Waals surface area contributed by atoms with Gasteiger partial charge in [0.1, 0.15) is 6.04 Å². The number of hydrogen-bond acceptors (Lipinski definition) is 3. The molecule has 0 aromatic carbocycles. The lowest BCUT2D eigenvalue weighted by Crippen LogP contribution is -2.37. The lowest BCUT2D eigenvalue weighted by atomic mass is 9.93. The van der Waals surface area contributed by atoms with E-state index in [4.69, 9.17) is 10.5 Å². The third-order valence-corrected chi connectivity index (χ3v) is 2.09. The number of rotatable bonds is 4. The molecule has 3 heteroatoms. The summed E-state index contributed by atoms with van der Waals surface area (Å²) in [5.74, 6) is -0.151. The first-order valence-electron chi connectivity index (χ1n) is 5.16. The highest BCUT2D eigenvalue weighted by Gasteiger charge is 2.19. The average Bonchev–Trinajstić information content (AvgIpc) is 2.00. The van der Waals surface area contributed by atoms with Crippen LogP contribution in [0.3, 0.4) is 0 Å². The average molecular weight is 201 g/mol. The molecular formula is C11H23NO2. The maximum Gasteiger partial charge on any atom is 0.323 e. The summed E-state index contributed by atoms with van der Waals surface area (Å²) in [5, 5.41) is 0. The van der Waals surface area contributed by atoms with Crippen LogP contribution in [0, 0.1) is 11.3 Å².